The number of esters is 1. The highest BCUT2D eigenvalue weighted by Crippen LogP contribution is 2.23. The van der Waals surface area contributed by atoms with Gasteiger partial charge < -0.3 is 10.1 Å². The molecule has 0 heterocycles. The molecule has 0 saturated heterocycles. The van der Waals surface area contributed by atoms with Gasteiger partial charge in [-0.3, -0.25) is 9.59 Å². The maximum atomic E-state index is 13.0. The van der Waals surface area contributed by atoms with E-state index in [2.05, 4.69) is 10.0 Å². The van der Waals surface area contributed by atoms with Crippen LogP contribution in [0.4, 0.5) is 5.69 Å². The molecule has 2 N–H and O–H groups in total. The molecule has 1 unspecified atom stereocenters. The number of benzene rings is 2. The van der Waals surface area contributed by atoms with E-state index in [1.165, 1.54) is 0 Å². The van der Waals surface area contributed by atoms with Crippen molar-refractivity contribution in [2.75, 3.05) is 18.1 Å². The molecule has 0 bridgehead atoms. The number of anilines is 1. The molecule has 0 saturated carbocycles. The third-order valence-corrected chi connectivity index (χ3v) is 5.39. The summed E-state index contributed by atoms with van der Waals surface area (Å²) < 4.78 is 30.0. The number of nitrogens with one attached hydrogen (secondary N) is 2. The molecule has 0 aliphatic carbocycles. The molecule has 2 aromatic rings. The summed E-state index contributed by atoms with van der Waals surface area (Å²) in [5, 5.41) is 2.87. The summed E-state index contributed by atoms with van der Waals surface area (Å²) in [4.78, 5) is 25.4. The number of amides is 1. The third kappa shape index (κ3) is 8.90. The van der Waals surface area contributed by atoms with E-state index in [-0.39, 0.29) is 6.42 Å². The Bertz CT molecular complexity index is 990. The average molecular weight is 447 g/mol. The first-order valence-electron chi connectivity index (χ1n) is 10.2. The van der Waals surface area contributed by atoms with E-state index >= 15 is 0 Å². The fraction of sp³-hybridized carbons (Fsp3) is 0.391. The second-order valence-electron chi connectivity index (χ2n) is 7.57. The number of rotatable bonds is 11. The van der Waals surface area contributed by atoms with E-state index in [0.29, 0.717) is 37.1 Å². The zero-order valence-electron chi connectivity index (χ0n) is 18.2. The Morgan fingerprint density at radius 2 is 1.71 bits per heavy atom. The van der Waals surface area contributed by atoms with Crippen molar-refractivity contribution in [1.29, 1.82) is 0 Å². The highest BCUT2D eigenvalue weighted by molar-refractivity contribution is 7.88. The van der Waals surface area contributed by atoms with Gasteiger partial charge in [0.05, 0.1) is 6.26 Å². The van der Waals surface area contributed by atoms with Gasteiger partial charge in [0.25, 0.3) is 5.91 Å². The van der Waals surface area contributed by atoms with E-state index in [4.69, 9.17) is 4.74 Å². The van der Waals surface area contributed by atoms with Gasteiger partial charge in [0.2, 0.25) is 16.1 Å². The lowest BCUT2D eigenvalue weighted by atomic mass is 10.1. The van der Waals surface area contributed by atoms with Crippen molar-refractivity contribution in [2.24, 2.45) is 0 Å². The smallest absolute Gasteiger partial charge is 0.306 e. The van der Waals surface area contributed by atoms with Gasteiger partial charge in [-0.2, -0.15) is 0 Å². The van der Waals surface area contributed by atoms with Gasteiger partial charge in [0.1, 0.15) is 0 Å². The van der Waals surface area contributed by atoms with Crippen molar-refractivity contribution in [1.82, 2.24) is 4.72 Å². The zero-order chi connectivity index (χ0) is 22.9. The van der Waals surface area contributed by atoms with Crippen LogP contribution in [0.25, 0.3) is 0 Å². The number of hydrogen-bond acceptors (Lipinski definition) is 5. The molecule has 0 aliphatic heterocycles. The topological polar surface area (TPSA) is 102 Å². The molecular formula is C23H30N2O5S. The first kappa shape index (κ1) is 24.6. The average Bonchev–Trinajstić information content (AvgIpc) is 2.71. The quantitative estimate of drug-likeness (QED) is 0.405. The Morgan fingerprint density at radius 3 is 2.39 bits per heavy atom. The number of carbonyl (C=O) groups is 2. The molecule has 0 radical (unpaired) electrons. The van der Waals surface area contributed by atoms with Gasteiger partial charge in [-0.05, 0) is 43.9 Å². The van der Waals surface area contributed by atoms with Crippen LogP contribution in [0.5, 0.6) is 0 Å². The van der Waals surface area contributed by atoms with Crippen molar-refractivity contribution in [3.8, 4) is 0 Å². The molecule has 8 heteroatoms. The van der Waals surface area contributed by atoms with Gasteiger partial charge in [0.15, 0.2) is 0 Å². The Kier molecular flexibility index (Phi) is 9.21. The minimum Gasteiger partial charge on any atom is -0.447 e. The molecular weight excluding hydrogens is 416 g/mol. The van der Waals surface area contributed by atoms with Crippen LogP contribution in [0.3, 0.4) is 0 Å². The number of sulfonamides is 1. The number of carbonyl (C=O) groups excluding carboxylic acids is 2. The fourth-order valence-corrected chi connectivity index (χ4v) is 3.50. The van der Waals surface area contributed by atoms with E-state index in [9.17, 15) is 18.0 Å². The summed E-state index contributed by atoms with van der Waals surface area (Å²) in [6, 6.07) is 14.7. The van der Waals surface area contributed by atoms with Crippen LogP contribution in [-0.2, 0) is 24.3 Å². The molecule has 7 nitrogen and oxygen atoms in total. The predicted octanol–water partition coefficient (Wildman–Crippen LogP) is 3.64. The van der Waals surface area contributed by atoms with Gasteiger partial charge in [-0.25, -0.2) is 13.1 Å². The summed E-state index contributed by atoms with van der Waals surface area (Å²) in [5.74, 6) is -0.883. The second kappa shape index (κ2) is 11.6. The van der Waals surface area contributed by atoms with Crippen LogP contribution in [0, 0.1) is 13.8 Å². The maximum Gasteiger partial charge on any atom is 0.306 e. The standard InChI is InChI=1S/C23H30N2O5S/c1-17-13-14-18(2)20(16-17)25-23(27)22(19-10-6-4-7-11-19)30-21(26)12-8-5-9-15-24-31(3,28)29/h4,6-7,10-11,13-14,16,22,24H,5,8-9,12,15H2,1-3H3,(H,25,27). The first-order chi connectivity index (χ1) is 14.7. The molecule has 31 heavy (non-hydrogen) atoms. The summed E-state index contributed by atoms with van der Waals surface area (Å²) >= 11 is 0. The Hall–Kier alpha value is -2.71. The summed E-state index contributed by atoms with van der Waals surface area (Å²) in [6.45, 7) is 4.17. The fourth-order valence-electron chi connectivity index (χ4n) is 2.99. The normalized spacial score (nSPS) is 12.2. The van der Waals surface area contributed by atoms with Crippen LogP contribution in [0.1, 0.15) is 48.5 Å². The highest BCUT2D eigenvalue weighted by Gasteiger charge is 2.25. The SMILES string of the molecule is Cc1ccc(C)c(NC(=O)C(OC(=O)CCCCCNS(C)(=O)=O)c2ccccc2)c1. The van der Waals surface area contributed by atoms with Crippen molar-refractivity contribution < 1.29 is 22.7 Å². The van der Waals surface area contributed by atoms with Crippen molar-refractivity contribution in [2.45, 2.75) is 45.6 Å². The predicted molar refractivity (Wildman–Crippen MR) is 121 cm³/mol. The third-order valence-electron chi connectivity index (χ3n) is 4.66. The summed E-state index contributed by atoms with van der Waals surface area (Å²) in [6.07, 6.45) is 2.04. The van der Waals surface area contributed by atoms with E-state index < -0.39 is 28.0 Å². The maximum absolute atomic E-state index is 13.0. The second-order valence-corrected chi connectivity index (χ2v) is 9.40. The lowest BCUT2D eigenvalue weighted by molar-refractivity contribution is -0.154. The van der Waals surface area contributed by atoms with E-state index in [1.54, 1.807) is 24.3 Å². The van der Waals surface area contributed by atoms with Crippen LogP contribution < -0.4 is 10.0 Å². The molecule has 0 aliphatic rings. The van der Waals surface area contributed by atoms with Crippen LogP contribution >= 0.6 is 0 Å². The van der Waals surface area contributed by atoms with Gasteiger partial charge in [-0.15, -0.1) is 0 Å². The van der Waals surface area contributed by atoms with Crippen molar-refractivity contribution in [3.63, 3.8) is 0 Å². The number of ether oxygens (including phenoxy) is 1. The molecule has 1 atom stereocenters. The molecule has 0 spiro atoms. The number of hydrogen-bond donors (Lipinski definition) is 2. The van der Waals surface area contributed by atoms with Crippen molar-refractivity contribution in [3.05, 3.63) is 65.2 Å². The summed E-state index contributed by atoms with van der Waals surface area (Å²) in [7, 11) is -3.20. The number of aryl methyl sites for hydroxylation is 2. The molecule has 0 aromatic heterocycles. The lowest BCUT2D eigenvalue weighted by Gasteiger charge is -2.19. The van der Waals surface area contributed by atoms with Gasteiger partial charge in [-0.1, -0.05) is 48.9 Å². The largest absolute Gasteiger partial charge is 0.447 e. The lowest BCUT2D eigenvalue weighted by Crippen LogP contribution is -2.26. The van der Waals surface area contributed by atoms with Crippen LogP contribution in [0.15, 0.2) is 48.5 Å². The molecule has 2 rings (SSSR count). The monoisotopic (exact) mass is 446 g/mol. The molecule has 1 amide bonds. The minimum absolute atomic E-state index is 0.152. The zero-order valence-corrected chi connectivity index (χ0v) is 19.0. The van der Waals surface area contributed by atoms with Gasteiger partial charge in [0, 0.05) is 24.2 Å². The van der Waals surface area contributed by atoms with E-state index in [0.717, 1.165) is 17.4 Å². The first-order valence-corrected chi connectivity index (χ1v) is 12.1. The highest BCUT2D eigenvalue weighted by atomic mass is 32.2. The van der Waals surface area contributed by atoms with Gasteiger partial charge >= 0.3 is 5.97 Å². The molecule has 2 aromatic carbocycles. The Labute approximate surface area is 184 Å². The molecule has 0 fully saturated rings. The Balaban J connectivity index is 1.96. The van der Waals surface area contributed by atoms with E-state index in [1.807, 2.05) is 38.1 Å². The Morgan fingerprint density at radius 1 is 1.00 bits per heavy atom. The summed E-state index contributed by atoms with van der Waals surface area (Å²) in [5.41, 5.74) is 3.20. The number of unbranched alkanes of at least 4 members (excludes halogenated alkanes) is 2. The van der Waals surface area contributed by atoms with Crippen LogP contribution in [0.2, 0.25) is 0 Å². The minimum atomic E-state index is -3.20. The van der Waals surface area contributed by atoms with Crippen LogP contribution in [-0.4, -0.2) is 33.1 Å². The van der Waals surface area contributed by atoms with Crippen molar-refractivity contribution >= 4 is 27.6 Å². The molecule has 168 valence electrons.